The summed E-state index contributed by atoms with van der Waals surface area (Å²) < 4.78 is 7.20. The van der Waals surface area contributed by atoms with Crippen molar-refractivity contribution in [2.75, 3.05) is 13.1 Å². The number of rotatable bonds is 2. The van der Waals surface area contributed by atoms with E-state index < -0.39 is 5.60 Å². The maximum atomic E-state index is 12.1. The minimum Gasteiger partial charge on any atom is -0.444 e. The lowest BCUT2D eigenvalue weighted by atomic mass is 10.0. The van der Waals surface area contributed by atoms with Crippen LogP contribution in [0.5, 0.6) is 0 Å². The van der Waals surface area contributed by atoms with Crippen LogP contribution in [0, 0.1) is 6.92 Å². The van der Waals surface area contributed by atoms with Gasteiger partial charge in [0.15, 0.2) is 0 Å². The van der Waals surface area contributed by atoms with E-state index in [0.717, 1.165) is 29.1 Å². The zero-order valence-electron chi connectivity index (χ0n) is 15.1. The summed E-state index contributed by atoms with van der Waals surface area (Å²) in [5.41, 5.74) is 3.33. The molecule has 2 aromatic rings. The Morgan fingerprint density at radius 2 is 2.12 bits per heavy atom. The van der Waals surface area contributed by atoms with Gasteiger partial charge in [-0.15, -0.1) is 5.10 Å². The van der Waals surface area contributed by atoms with Gasteiger partial charge in [0.25, 0.3) is 0 Å². The van der Waals surface area contributed by atoms with E-state index in [-0.39, 0.29) is 6.09 Å². The molecular formula is C18H23N5O2. The third kappa shape index (κ3) is 3.87. The lowest BCUT2D eigenvalue weighted by molar-refractivity contribution is 0.0270. The van der Waals surface area contributed by atoms with E-state index in [4.69, 9.17) is 4.74 Å². The van der Waals surface area contributed by atoms with Gasteiger partial charge in [-0.2, -0.15) is 0 Å². The summed E-state index contributed by atoms with van der Waals surface area (Å²) in [6, 6.07) is 3.81. The smallest absolute Gasteiger partial charge is 0.410 e. The fourth-order valence-electron chi connectivity index (χ4n) is 2.73. The maximum Gasteiger partial charge on any atom is 0.410 e. The average molecular weight is 341 g/mol. The molecule has 25 heavy (non-hydrogen) atoms. The van der Waals surface area contributed by atoms with E-state index in [9.17, 15) is 4.79 Å². The lowest BCUT2D eigenvalue weighted by Crippen LogP contribution is -2.39. The highest BCUT2D eigenvalue weighted by molar-refractivity contribution is 5.72. The van der Waals surface area contributed by atoms with Crippen LogP contribution in [0.3, 0.4) is 0 Å². The zero-order valence-corrected chi connectivity index (χ0v) is 15.1. The summed E-state index contributed by atoms with van der Waals surface area (Å²) in [5.74, 6) is 0. The Morgan fingerprint density at radius 3 is 2.72 bits per heavy atom. The molecule has 0 spiro atoms. The summed E-state index contributed by atoms with van der Waals surface area (Å²) in [6.45, 7) is 8.73. The van der Waals surface area contributed by atoms with E-state index in [2.05, 4.69) is 15.3 Å². The van der Waals surface area contributed by atoms with Crippen LogP contribution in [0.1, 0.15) is 38.6 Å². The molecule has 0 atom stereocenters. The number of hydrogen-bond donors (Lipinski definition) is 0. The summed E-state index contributed by atoms with van der Waals surface area (Å²) in [6.07, 6.45) is 5.96. The molecule has 1 aliphatic rings. The minimum atomic E-state index is -0.482. The minimum absolute atomic E-state index is 0.279. The van der Waals surface area contributed by atoms with Gasteiger partial charge in [0.05, 0.1) is 17.6 Å². The second kappa shape index (κ2) is 6.66. The SMILES string of the molecule is Cc1c(C2=CCN(C(=O)OC(C)(C)C)CC2)nnn1-c1cccnc1. The third-order valence-electron chi connectivity index (χ3n) is 3.95. The first-order valence-electron chi connectivity index (χ1n) is 8.35. The predicted octanol–water partition coefficient (Wildman–Crippen LogP) is 2.99. The molecule has 0 bridgehead atoms. The number of carbonyl (C=O) groups excluding carboxylic acids is 1. The fourth-order valence-corrected chi connectivity index (χ4v) is 2.73. The molecule has 7 nitrogen and oxygen atoms in total. The number of nitrogens with zero attached hydrogens (tertiary/aromatic N) is 5. The van der Waals surface area contributed by atoms with E-state index >= 15 is 0 Å². The standard InChI is InChI=1S/C18H23N5O2/c1-13-16(20-21-23(13)15-6-5-9-19-12-15)14-7-10-22(11-8-14)17(24)25-18(2,3)4/h5-7,9,12H,8,10-11H2,1-4H3. The van der Waals surface area contributed by atoms with Crippen molar-refractivity contribution in [2.24, 2.45) is 0 Å². The van der Waals surface area contributed by atoms with E-state index in [1.54, 1.807) is 22.0 Å². The molecule has 3 rings (SSSR count). The number of ether oxygens (including phenoxy) is 1. The van der Waals surface area contributed by atoms with Gasteiger partial charge in [0.1, 0.15) is 11.3 Å². The Bertz CT molecular complexity index is 790. The Labute approximate surface area is 147 Å². The van der Waals surface area contributed by atoms with Gasteiger partial charge in [-0.1, -0.05) is 11.3 Å². The third-order valence-corrected chi connectivity index (χ3v) is 3.95. The molecule has 0 unspecified atom stereocenters. The highest BCUT2D eigenvalue weighted by Gasteiger charge is 2.25. The molecule has 0 fully saturated rings. The maximum absolute atomic E-state index is 12.1. The Balaban J connectivity index is 1.75. The average Bonchev–Trinajstić information content (AvgIpc) is 2.96. The Morgan fingerprint density at radius 1 is 1.32 bits per heavy atom. The molecule has 0 saturated heterocycles. The zero-order chi connectivity index (χ0) is 18.0. The van der Waals surface area contributed by atoms with Crippen LogP contribution in [0.25, 0.3) is 11.3 Å². The molecule has 1 amide bonds. The summed E-state index contributed by atoms with van der Waals surface area (Å²) >= 11 is 0. The number of carbonyl (C=O) groups is 1. The van der Waals surface area contributed by atoms with Crippen LogP contribution in [-0.2, 0) is 4.74 Å². The second-order valence-electron chi connectivity index (χ2n) is 7.05. The topological polar surface area (TPSA) is 73.1 Å². The van der Waals surface area contributed by atoms with E-state index in [0.29, 0.717) is 13.1 Å². The monoisotopic (exact) mass is 341 g/mol. The van der Waals surface area contributed by atoms with Gasteiger partial charge in [-0.25, -0.2) is 9.48 Å². The Hall–Kier alpha value is -2.70. The molecular weight excluding hydrogens is 318 g/mol. The molecule has 1 aliphatic heterocycles. The second-order valence-corrected chi connectivity index (χ2v) is 7.05. The highest BCUT2D eigenvalue weighted by atomic mass is 16.6. The molecule has 0 aromatic carbocycles. The predicted molar refractivity (Wildman–Crippen MR) is 94.3 cm³/mol. The van der Waals surface area contributed by atoms with Crippen molar-refractivity contribution >= 4 is 11.7 Å². The molecule has 0 saturated carbocycles. The van der Waals surface area contributed by atoms with Gasteiger partial charge < -0.3 is 9.64 Å². The van der Waals surface area contributed by atoms with Gasteiger partial charge in [-0.3, -0.25) is 4.98 Å². The number of pyridine rings is 1. The van der Waals surface area contributed by atoms with Crippen molar-refractivity contribution in [1.29, 1.82) is 0 Å². The molecule has 0 aliphatic carbocycles. The Kier molecular flexibility index (Phi) is 4.57. The van der Waals surface area contributed by atoms with Crippen LogP contribution in [-0.4, -0.2) is 49.7 Å². The number of aromatic nitrogens is 4. The normalized spacial score (nSPS) is 15.0. The molecule has 0 N–H and O–H groups in total. The fraction of sp³-hybridized carbons (Fsp3) is 0.444. The van der Waals surface area contributed by atoms with Crippen molar-refractivity contribution < 1.29 is 9.53 Å². The first-order valence-corrected chi connectivity index (χ1v) is 8.35. The van der Waals surface area contributed by atoms with Crippen molar-refractivity contribution in [3.05, 3.63) is 42.0 Å². The van der Waals surface area contributed by atoms with Crippen LogP contribution >= 0.6 is 0 Å². The van der Waals surface area contributed by atoms with Crippen LogP contribution in [0.15, 0.2) is 30.6 Å². The number of hydrogen-bond acceptors (Lipinski definition) is 5. The van der Waals surface area contributed by atoms with Crippen LogP contribution < -0.4 is 0 Å². The van der Waals surface area contributed by atoms with E-state index in [1.165, 1.54) is 0 Å². The first kappa shape index (κ1) is 17.1. The molecule has 7 heteroatoms. The van der Waals surface area contributed by atoms with E-state index in [1.807, 2.05) is 45.9 Å². The van der Waals surface area contributed by atoms with Crippen LogP contribution in [0.4, 0.5) is 4.79 Å². The first-order chi connectivity index (χ1) is 11.8. The molecule has 132 valence electrons. The highest BCUT2D eigenvalue weighted by Crippen LogP contribution is 2.25. The van der Waals surface area contributed by atoms with Crippen molar-refractivity contribution in [1.82, 2.24) is 24.9 Å². The van der Waals surface area contributed by atoms with Gasteiger partial charge in [-0.05, 0) is 51.8 Å². The molecule has 2 aromatic heterocycles. The van der Waals surface area contributed by atoms with Crippen LogP contribution in [0.2, 0.25) is 0 Å². The summed E-state index contributed by atoms with van der Waals surface area (Å²) in [4.78, 5) is 18.0. The number of amides is 1. The van der Waals surface area contributed by atoms with Crippen molar-refractivity contribution in [2.45, 2.75) is 39.7 Å². The summed E-state index contributed by atoms with van der Waals surface area (Å²) in [5, 5.41) is 8.57. The quantitative estimate of drug-likeness (QED) is 0.839. The van der Waals surface area contributed by atoms with Crippen molar-refractivity contribution in [3.8, 4) is 5.69 Å². The van der Waals surface area contributed by atoms with Gasteiger partial charge >= 0.3 is 6.09 Å². The van der Waals surface area contributed by atoms with Gasteiger partial charge in [0.2, 0.25) is 0 Å². The van der Waals surface area contributed by atoms with Gasteiger partial charge in [0, 0.05) is 19.3 Å². The lowest BCUT2D eigenvalue weighted by Gasteiger charge is -2.29. The van der Waals surface area contributed by atoms with Crippen molar-refractivity contribution in [3.63, 3.8) is 0 Å². The molecule has 0 radical (unpaired) electrons. The molecule has 3 heterocycles. The summed E-state index contributed by atoms with van der Waals surface area (Å²) in [7, 11) is 0. The largest absolute Gasteiger partial charge is 0.444 e.